The van der Waals surface area contributed by atoms with Gasteiger partial charge in [-0.3, -0.25) is 4.90 Å². The Labute approximate surface area is 178 Å². The van der Waals surface area contributed by atoms with Crippen molar-refractivity contribution in [2.24, 2.45) is 11.8 Å². The van der Waals surface area contributed by atoms with Crippen LogP contribution in [0.1, 0.15) is 24.0 Å². The van der Waals surface area contributed by atoms with Gasteiger partial charge in [-0.2, -0.15) is 0 Å². The van der Waals surface area contributed by atoms with Gasteiger partial charge < -0.3 is 14.2 Å². The predicted octanol–water partition coefficient (Wildman–Crippen LogP) is 4.32. The second-order valence-electron chi connectivity index (χ2n) is 8.40. The third-order valence-electron chi connectivity index (χ3n) is 6.47. The van der Waals surface area contributed by atoms with Crippen LogP contribution in [0.15, 0.2) is 48.5 Å². The van der Waals surface area contributed by atoms with Crippen LogP contribution in [0.4, 0.5) is 4.39 Å². The average molecular weight is 414 g/mol. The highest BCUT2D eigenvalue weighted by atomic mass is 19.1. The van der Waals surface area contributed by atoms with Crippen molar-refractivity contribution in [3.63, 3.8) is 0 Å². The van der Waals surface area contributed by atoms with Crippen LogP contribution in [0, 0.1) is 17.7 Å². The summed E-state index contributed by atoms with van der Waals surface area (Å²) < 4.78 is 31.5. The first-order valence-corrected chi connectivity index (χ1v) is 11.0. The van der Waals surface area contributed by atoms with Gasteiger partial charge in [-0.1, -0.05) is 30.3 Å². The van der Waals surface area contributed by atoms with Gasteiger partial charge in [0, 0.05) is 32.8 Å². The monoisotopic (exact) mass is 413 g/mol. The Balaban J connectivity index is 1.52. The van der Waals surface area contributed by atoms with Gasteiger partial charge in [0.25, 0.3) is 0 Å². The van der Waals surface area contributed by atoms with Crippen molar-refractivity contribution in [3.05, 3.63) is 65.5 Å². The Bertz CT molecular complexity index is 794. The molecule has 2 fully saturated rings. The molecule has 0 spiro atoms. The molecule has 2 saturated heterocycles. The molecule has 0 aliphatic carbocycles. The van der Waals surface area contributed by atoms with Gasteiger partial charge in [0.1, 0.15) is 11.6 Å². The van der Waals surface area contributed by atoms with Crippen LogP contribution in [-0.4, -0.2) is 51.0 Å². The van der Waals surface area contributed by atoms with Crippen molar-refractivity contribution >= 4 is 0 Å². The van der Waals surface area contributed by atoms with E-state index in [9.17, 15) is 4.39 Å². The molecule has 0 bridgehead atoms. The summed E-state index contributed by atoms with van der Waals surface area (Å²) in [7, 11) is 1.65. The second-order valence-corrected chi connectivity index (χ2v) is 8.40. The molecule has 4 nitrogen and oxygen atoms in total. The van der Waals surface area contributed by atoms with Crippen molar-refractivity contribution in [3.8, 4) is 5.75 Å². The first-order valence-electron chi connectivity index (χ1n) is 11.0. The summed E-state index contributed by atoms with van der Waals surface area (Å²) in [6.45, 7) is 5.09. The van der Waals surface area contributed by atoms with Crippen LogP contribution in [-0.2, 0) is 22.4 Å². The molecule has 30 heavy (non-hydrogen) atoms. The van der Waals surface area contributed by atoms with E-state index in [1.54, 1.807) is 19.2 Å². The van der Waals surface area contributed by atoms with Crippen LogP contribution in [0.2, 0.25) is 0 Å². The van der Waals surface area contributed by atoms with Crippen molar-refractivity contribution in [2.75, 3.05) is 40.0 Å². The molecular weight excluding hydrogens is 381 g/mol. The Morgan fingerprint density at radius 2 is 1.90 bits per heavy atom. The highest BCUT2D eigenvalue weighted by Gasteiger charge is 2.35. The minimum absolute atomic E-state index is 0.124. The fourth-order valence-corrected chi connectivity index (χ4v) is 4.88. The predicted molar refractivity (Wildman–Crippen MR) is 115 cm³/mol. The number of hydrogen-bond donors (Lipinski definition) is 0. The molecule has 0 aromatic heterocycles. The van der Waals surface area contributed by atoms with E-state index in [1.807, 2.05) is 0 Å². The molecule has 2 heterocycles. The molecule has 2 aromatic rings. The van der Waals surface area contributed by atoms with Gasteiger partial charge in [-0.25, -0.2) is 4.39 Å². The normalized spacial score (nSPS) is 22.0. The Hall–Kier alpha value is -1.95. The molecule has 2 aliphatic rings. The Kier molecular flexibility index (Phi) is 7.37. The molecule has 4 rings (SSSR count). The first-order chi connectivity index (χ1) is 14.7. The van der Waals surface area contributed by atoms with Crippen LogP contribution in [0.5, 0.6) is 5.75 Å². The topological polar surface area (TPSA) is 30.9 Å². The highest BCUT2D eigenvalue weighted by molar-refractivity contribution is 5.34. The van der Waals surface area contributed by atoms with E-state index >= 15 is 0 Å². The van der Waals surface area contributed by atoms with Crippen LogP contribution in [0.25, 0.3) is 0 Å². The van der Waals surface area contributed by atoms with Crippen LogP contribution >= 0.6 is 0 Å². The lowest BCUT2D eigenvalue weighted by Gasteiger charge is -2.41. The third-order valence-corrected chi connectivity index (χ3v) is 6.47. The largest absolute Gasteiger partial charge is 0.496 e. The molecule has 2 aromatic carbocycles. The maximum absolute atomic E-state index is 14.0. The zero-order chi connectivity index (χ0) is 20.8. The van der Waals surface area contributed by atoms with Gasteiger partial charge in [0.2, 0.25) is 0 Å². The number of halogens is 1. The second kappa shape index (κ2) is 10.4. The SMILES string of the molecule is COc1ccc(F)cc1CC(C1CCOCC1)C1CN(Cc2ccccc2)CCO1. The summed E-state index contributed by atoms with van der Waals surface area (Å²) >= 11 is 0. The average Bonchev–Trinajstić information content (AvgIpc) is 2.79. The number of rotatable bonds is 7. The summed E-state index contributed by atoms with van der Waals surface area (Å²) in [6.07, 6.45) is 2.94. The van der Waals surface area contributed by atoms with Gasteiger partial charge in [-0.15, -0.1) is 0 Å². The maximum Gasteiger partial charge on any atom is 0.123 e. The van der Waals surface area contributed by atoms with E-state index in [4.69, 9.17) is 14.2 Å². The van der Waals surface area contributed by atoms with E-state index in [2.05, 4.69) is 35.2 Å². The van der Waals surface area contributed by atoms with E-state index in [1.165, 1.54) is 11.6 Å². The molecule has 0 saturated carbocycles. The summed E-state index contributed by atoms with van der Waals surface area (Å²) in [4.78, 5) is 2.48. The van der Waals surface area contributed by atoms with Crippen molar-refractivity contribution in [1.29, 1.82) is 0 Å². The molecule has 2 unspecified atom stereocenters. The van der Waals surface area contributed by atoms with Crippen molar-refractivity contribution in [2.45, 2.75) is 31.9 Å². The van der Waals surface area contributed by atoms with Gasteiger partial charge >= 0.3 is 0 Å². The van der Waals surface area contributed by atoms with Gasteiger partial charge in [-0.05, 0) is 60.4 Å². The fraction of sp³-hybridized carbons (Fsp3) is 0.520. The third kappa shape index (κ3) is 5.39. The lowest BCUT2D eigenvalue weighted by Crippen LogP contribution is -2.48. The molecule has 0 N–H and O–H groups in total. The van der Waals surface area contributed by atoms with Gasteiger partial charge in [0.05, 0.1) is 19.8 Å². The summed E-state index contributed by atoms with van der Waals surface area (Å²) in [6, 6.07) is 15.4. The van der Waals surface area contributed by atoms with E-state index in [0.717, 1.165) is 70.0 Å². The van der Waals surface area contributed by atoms with E-state index in [0.29, 0.717) is 11.8 Å². The minimum atomic E-state index is -0.216. The van der Waals surface area contributed by atoms with Crippen LogP contribution < -0.4 is 4.74 Å². The first kappa shape index (κ1) is 21.3. The Morgan fingerprint density at radius 1 is 1.10 bits per heavy atom. The van der Waals surface area contributed by atoms with Gasteiger partial charge in [0.15, 0.2) is 0 Å². The smallest absolute Gasteiger partial charge is 0.123 e. The zero-order valence-corrected chi connectivity index (χ0v) is 17.8. The molecule has 5 heteroatoms. The van der Waals surface area contributed by atoms with Crippen molar-refractivity contribution in [1.82, 2.24) is 4.90 Å². The molecular formula is C25H32FNO3. The fourth-order valence-electron chi connectivity index (χ4n) is 4.88. The number of hydrogen-bond acceptors (Lipinski definition) is 4. The lowest BCUT2D eigenvalue weighted by atomic mass is 9.78. The number of benzene rings is 2. The summed E-state index contributed by atoms with van der Waals surface area (Å²) in [5.74, 6) is 1.36. The quantitative estimate of drug-likeness (QED) is 0.676. The standard InChI is InChI=1S/C25H32FNO3/c1-28-24-8-7-22(26)15-21(24)16-23(20-9-12-29-13-10-20)25-18-27(11-14-30-25)17-19-5-3-2-4-6-19/h2-8,15,20,23,25H,9-14,16-18H2,1H3. The number of methoxy groups -OCH3 is 1. The zero-order valence-electron chi connectivity index (χ0n) is 17.8. The summed E-state index contributed by atoms with van der Waals surface area (Å²) in [5, 5.41) is 0. The number of nitrogens with zero attached hydrogens (tertiary/aromatic N) is 1. The summed E-state index contributed by atoms with van der Waals surface area (Å²) in [5.41, 5.74) is 2.25. The number of morpholine rings is 1. The van der Waals surface area contributed by atoms with E-state index < -0.39 is 0 Å². The van der Waals surface area contributed by atoms with E-state index in [-0.39, 0.29) is 11.9 Å². The van der Waals surface area contributed by atoms with Crippen LogP contribution in [0.3, 0.4) is 0 Å². The molecule has 0 amide bonds. The number of ether oxygens (including phenoxy) is 3. The highest BCUT2D eigenvalue weighted by Crippen LogP contribution is 2.35. The molecule has 0 radical (unpaired) electrons. The molecule has 2 aliphatic heterocycles. The Morgan fingerprint density at radius 3 is 2.67 bits per heavy atom. The molecule has 162 valence electrons. The lowest BCUT2D eigenvalue weighted by molar-refractivity contribution is -0.0842. The van der Waals surface area contributed by atoms with Crippen molar-refractivity contribution < 1.29 is 18.6 Å². The maximum atomic E-state index is 14.0. The molecule has 2 atom stereocenters. The minimum Gasteiger partial charge on any atom is -0.496 e.